The number of nitrogens with one attached hydrogen (secondary N) is 1. The van der Waals surface area contributed by atoms with E-state index in [0.717, 1.165) is 0 Å². The summed E-state index contributed by atoms with van der Waals surface area (Å²) < 4.78 is 10.2. The topological polar surface area (TPSA) is 102 Å². The molecule has 0 aliphatic carbocycles. The first-order chi connectivity index (χ1) is 10.9. The highest BCUT2D eigenvalue weighted by atomic mass is 35.5. The largest absolute Gasteiger partial charge is 0.480 e. The Morgan fingerprint density at radius 3 is 2.78 bits per heavy atom. The number of benzene rings is 1. The van der Waals surface area contributed by atoms with E-state index in [9.17, 15) is 9.59 Å². The molecule has 2 aromatic rings. The van der Waals surface area contributed by atoms with Gasteiger partial charge in [-0.3, -0.25) is 4.79 Å². The van der Waals surface area contributed by atoms with E-state index in [0.29, 0.717) is 11.4 Å². The third kappa shape index (κ3) is 4.23. The van der Waals surface area contributed by atoms with Crippen LogP contribution >= 0.6 is 11.6 Å². The first kappa shape index (κ1) is 16.8. The zero-order valence-corrected chi connectivity index (χ0v) is 13.3. The number of anilines is 1. The van der Waals surface area contributed by atoms with Gasteiger partial charge in [0.2, 0.25) is 0 Å². The highest BCUT2D eigenvalue weighted by Gasteiger charge is 2.19. The lowest BCUT2D eigenvalue weighted by atomic mass is 10.1. The van der Waals surface area contributed by atoms with E-state index in [1.54, 1.807) is 6.07 Å². The second-order valence-corrected chi connectivity index (χ2v) is 5.41. The van der Waals surface area contributed by atoms with Crippen molar-refractivity contribution in [3.63, 3.8) is 0 Å². The summed E-state index contributed by atoms with van der Waals surface area (Å²) in [5, 5.41) is 11.4. The van der Waals surface area contributed by atoms with Crippen molar-refractivity contribution in [2.45, 2.75) is 19.8 Å². The van der Waals surface area contributed by atoms with E-state index in [-0.39, 0.29) is 22.4 Å². The number of aromatic nitrogens is 1. The Kier molecular flexibility index (Phi) is 5.23. The molecule has 0 spiro atoms. The molecule has 1 aromatic heterocycles. The summed E-state index contributed by atoms with van der Waals surface area (Å²) in [5.74, 6) is -0.788. The summed E-state index contributed by atoms with van der Waals surface area (Å²) in [6.07, 6.45) is 1.22. The van der Waals surface area contributed by atoms with Gasteiger partial charge in [0.05, 0.1) is 5.02 Å². The molecule has 2 N–H and O–H groups in total. The lowest BCUT2D eigenvalue weighted by Gasteiger charge is -2.09. The van der Waals surface area contributed by atoms with Gasteiger partial charge in [0.25, 0.3) is 5.91 Å². The van der Waals surface area contributed by atoms with Crippen LogP contribution in [0.15, 0.2) is 29.0 Å². The van der Waals surface area contributed by atoms with Crippen LogP contribution in [0.25, 0.3) is 0 Å². The highest BCUT2D eigenvalue weighted by Crippen LogP contribution is 2.28. The van der Waals surface area contributed by atoms with Crippen LogP contribution in [-0.4, -0.2) is 28.6 Å². The second-order valence-electron chi connectivity index (χ2n) is 5.00. The fourth-order valence-corrected chi connectivity index (χ4v) is 2.10. The molecule has 1 amide bonds. The maximum atomic E-state index is 12.2. The zero-order valence-electron chi connectivity index (χ0n) is 12.5. The van der Waals surface area contributed by atoms with Crippen LogP contribution in [-0.2, 0) is 4.79 Å². The van der Waals surface area contributed by atoms with E-state index in [4.69, 9.17) is 25.9 Å². The molecule has 0 saturated heterocycles. The van der Waals surface area contributed by atoms with Crippen LogP contribution < -0.4 is 10.1 Å². The predicted octanol–water partition coefficient (Wildman–Crippen LogP) is 3.17. The van der Waals surface area contributed by atoms with Gasteiger partial charge in [0.1, 0.15) is 11.5 Å². The van der Waals surface area contributed by atoms with Crippen molar-refractivity contribution in [2.24, 2.45) is 0 Å². The molecule has 0 bridgehead atoms. The minimum atomic E-state index is -1.11. The number of oxazole rings is 1. The lowest BCUT2D eigenvalue weighted by molar-refractivity contribution is -0.139. The molecule has 8 heteroatoms. The van der Waals surface area contributed by atoms with Crippen molar-refractivity contribution >= 4 is 29.2 Å². The highest BCUT2D eigenvalue weighted by molar-refractivity contribution is 6.32. The maximum Gasteiger partial charge on any atom is 0.341 e. The van der Waals surface area contributed by atoms with Crippen LogP contribution in [0.3, 0.4) is 0 Å². The first-order valence-corrected chi connectivity index (χ1v) is 7.15. The van der Waals surface area contributed by atoms with E-state index >= 15 is 0 Å². The Balaban J connectivity index is 2.11. The third-order valence-corrected chi connectivity index (χ3v) is 3.17. The number of carbonyl (C=O) groups excluding carboxylic acids is 1. The molecule has 7 nitrogen and oxygen atoms in total. The standard InChI is InChI=1S/C15H15ClN2O5/c1-8(2)14-13(17-7-23-14)15(21)18-9-3-4-11(10(16)5-9)22-6-12(19)20/h3-5,7-8H,6H2,1-2H3,(H,18,21)(H,19,20). The average Bonchev–Trinajstić information content (AvgIpc) is 2.96. The van der Waals surface area contributed by atoms with Crippen molar-refractivity contribution < 1.29 is 23.8 Å². The molecule has 1 aromatic carbocycles. The van der Waals surface area contributed by atoms with E-state index in [1.165, 1.54) is 18.5 Å². The number of ether oxygens (including phenoxy) is 1. The molecule has 0 aliphatic heterocycles. The van der Waals surface area contributed by atoms with E-state index in [1.807, 2.05) is 13.8 Å². The monoisotopic (exact) mass is 338 g/mol. The number of aliphatic carboxylic acids is 1. The molecule has 2 rings (SSSR count). The quantitative estimate of drug-likeness (QED) is 0.838. The van der Waals surface area contributed by atoms with Gasteiger partial charge in [0.15, 0.2) is 18.7 Å². The van der Waals surface area contributed by atoms with Gasteiger partial charge in [-0.05, 0) is 18.2 Å². The molecule has 0 saturated carbocycles. The Morgan fingerprint density at radius 2 is 2.17 bits per heavy atom. The molecule has 23 heavy (non-hydrogen) atoms. The normalized spacial score (nSPS) is 10.6. The number of amides is 1. The summed E-state index contributed by atoms with van der Waals surface area (Å²) in [7, 11) is 0. The van der Waals surface area contributed by atoms with Crippen LogP contribution in [0.5, 0.6) is 5.75 Å². The maximum absolute atomic E-state index is 12.2. The molecule has 122 valence electrons. The predicted molar refractivity (Wildman–Crippen MR) is 83.1 cm³/mol. The van der Waals surface area contributed by atoms with Crippen LogP contribution in [0.1, 0.15) is 36.0 Å². The van der Waals surface area contributed by atoms with Crippen molar-refractivity contribution in [3.8, 4) is 5.75 Å². The molecule has 1 heterocycles. The zero-order chi connectivity index (χ0) is 17.0. The Bertz CT molecular complexity index is 726. The number of hydrogen-bond donors (Lipinski definition) is 2. The molecular weight excluding hydrogens is 324 g/mol. The number of carboxylic acids is 1. The molecule has 0 radical (unpaired) electrons. The fourth-order valence-electron chi connectivity index (χ4n) is 1.86. The number of halogens is 1. The van der Waals surface area contributed by atoms with Gasteiger partial charge in [-0.25, -0.2) is 9.78 Å². The Morgan fingerprint density at radius 1 is 1.43 bits per heavy atom. The SMILES string of the molecule is CC(C)c1ocnc1C(=O)Nc1ccc(OCC(=O)O)c(Cl)c1. The number of carbonyl (C=O) groups is 2. The van der Waals surface area contributed by atoms with E-state index < -0.39 is 18.5 Å². The van der Waals surface area contributed by atoms with Gasteiger partial charge < -0.3 is 19.6 Å². The molecular formula is C15H15ClN2O5. The number of carboxylic acid groups (broad SMARTS) is 1. The van der Waals surface area contributed by atoms with Gasteiger partial charge in [-0.2, -0.15) is 0 Å². The van der Waals surface area contributed by atoms with E-state index in [2.05, 4.69) is 10.3 Å². The van der Waals surface area contributed by atoms with Crippen molar-refractivity contribution in [2.75, 3.05) is 11.9 Å². The van der Waals surface area contributed by atoms with Gasteiger partial charge in [0, 0.05) is 11.6 Å². The first-order valence-electron chi connectivity index (χ1n) is 6.77. The summed E-state index contributed by atoms with van der Waals surface area (Å²) in [6, 6.07) is 4.49. The summed E-state index contributed by atoms with van der Waals surface area (Å²) in [5.41, 5.74) is 0.641. The molecule has 0 fully saturated rings. The molecule has 0 atom stereocenters. The lowest BCUT2D eigenvalue weighted by Crippen LogP contribution is -2.15. The molecule has 0 unspecified atom stereocenters. The third-order valence-electron chi connectivity index (χ3n) is 2.88. The van der Waals surface area contributed by atoms with Crippen molar-refractivity contribution in [1.82, 2.24) is 4.98 Å². The van der Waals surface area contributed by atoms with Crippen molar-refractivity contribution in [3.05, 3.63) is 41.1 Å². The van der Waals surface area contributed by atoms with Crippen LogP contribution in [0, 0.1) is 0 Å². The number of rotatable bonds is 6. The number of nitrogens with zero attached hydrogens (tertiary/aromatic N) is 1. The smallest absolute Gasteiger partial charge is 0.341 e. The fraction of sp³-hybridized carbons (Fsp3) is 0.267. The Labute approximate surface area is 137 Å². The minimum absolute atomic E-state index is 0.0219. The minimum Gasteiger partial charge on any atom is -0.480 e. The van der Waals surface area contributed by atoms with Gasteiger partial charge in [-0.1, -0.05) is 25.4 Å². The Hall–Kier alpha value is -2.54. The van der Waals surface area contributed by atoms with Crippen LogP contribution in [0.4, 0.5) is 5.69 Å². The average molecular weight is 339 g/mol. The summed E-state index contributed by atoms with van der Waals surface area (Å²) in [6.45, 7) is 3.29. The van der Waals surface area contributed by atoms with Crippen molar-refractivity contribution in [1.29, 1.82) is 0 Å². The van der Waals surface area contributed by atoms with Gasteiger partial charge in [-0.15, -0.1) is 0 Å². The van der Waals surface area contributed by atoms with Gasteiger partial charge >= 0.3 is 5.97 Å². The van der Waals surface area contributed by atoms with Crippen LogP contribution in [0.2, 0.25) is 5.02 Å². The second kappa shape index (κ2) is 7.15. The number of hydrogen-bond acceptors (Lipinski definition) is 5. The summed E-state index contributed by atoms with van der Waals surface area (Å²) >= 11 is 6.00. The molecule has 0 aliphatic rings. The summed E-state index contributed by atoms with van der Waals surface area (Å²) in [4.78, 5) is 26.6.